The van der Waals surface area contributed by atoms with Gasteiger partial charge in [0, 0.05) is 24.2 Å². The van der Waals surface area contributed by atoms with E-state index in [1.165, 1.54) is 6.07 Å². The fraction of sp³-hybridized carbons (Fsp3) is 0.364. The van der Waals surface area contributed by atoms with Crippen LogP contribution in [0.1, 0.15) is 12.5 Å². The fourth-order valence-corrected chi connectivity index (χ4v) is 1.40. The Morgan fingerprint density at radius 1 is 1.50 bits per heavy atom. The van der Waals surface area contributed by atoms with Crippen LogP contribution >= 0.6 is 12.4 Å². The number of amides is 1. The lowest BCUT2D eigenvalue weighted by molar-refractivity contribution is -0.385. The highest BCUT2D eigenvalue weighted by Crippen LogP contribution is 2.17. The van der Waals surface area contributed by atoms with Gasteiger partial charge in [-0.1, -0.05) is 18.2 Å². The van der Waals surface area contributed by atoms with E-state index in [0.29, 0.717) is 12.1 Å². The number of nitrogens with one attached hydrogen (secondary N) is 1. The third-order valence-electron chi connectivity index (χ3n) is 2.30. The molecule has 3 N–H and O–H groups in total. The highest BCUT2D eigenvalue weighted by Gasteiger charge is 2.15. The molecule has 0 fully saturated rings. The molecular formula is C11H16ClN3O3. The summed E-state index contributed by atoms with van der Waals surface area (Å²) in [5.74, 6) is -0.266. The van der Waals surface area contributed by atoms with Gasteiger partial charge in [0.05, 0.1) is 11.3 Å². The Morgan fingerprint density at radius 3 is 2.67 bits per heavy atom. The molecule has 1 aromatic carbocycles. The van der Waals surface area contributed by atoms with Crippen molar-refractivity contribution in [2.75, 3.05) is 6.54 Å². The monoisotopic (exact) mass is 273 g/mol. The molecule has 0 radical (unpaired) electrons. The van der Waals surface area contributed by atoms with Crippen molar-refractivity contribution in [3.8, 4) is 0 Å². The molecule has 6 nitrogen and oxygen atoms in total. The number of carbonyl (C=O) groups excluding carboxylic acids is 1. The molecule has 18 heavy (non-hydrogen) atoms. The summed E-state index contributed by atoms with van der Waals surface area (Å²) in [6.45, 7) is 2.11. The first kappa shape index (κ1) is 16.3. The third kappa shape index (κ3) is 4.68. The van der Waals surface area contributed by atoms with Crippen molar-refractivity contribution in [1.82, 2.24) is 5.32 Å². The van der Waals surface area contributed by atoms with Gasteiger partial charge in [0.25, 0.3) is 5.69 Å². The molecule has 0 heterocycles. The Hall–Kier alpha value is -1.66. The van der Waals surface area contributed by atoms with Crippen molar-refractivity contribution in [3.05, 3.63) is 39.9 Å². The van der Waals surface area contributed by atoms with Crippen LogP contribution in [0.25, 0.3) is 0 Å². The average Bonchev–Trinajstić information content (AvgIpc) is 2.29. The smallest absolute Gasteiger partial charge is 0.273 e. The minimum atomic E-state index is -0.491. The summed E-state index contributed by atoms with van der Waals surface area (Å²) >= 11 is 0. The Kier molecular flexibility index (Phi) is 6.92. The molecule has 1 amide bonds. The number of nitrogens with two attached hydrogens (primary N) is 1. The van der Waals surface area contributed by atoms with E-state index in [-0.39, 0.29) is 36.5 Å². The Morgan fingerprint density at radius 2 is 2.11 bits per heavy atom. The normalized spacial score (nSPS) is 11.2. The molecular weight excluding hydrogens is 258 g/mol. The van der Waals surface area contributed by atoms with Crippen LogP contribution < -0.4 is 11.1 Å². The van der Waals surface area contributed by atoms with E-state index in [1.54, 1.807) is 25.1 Å². The van der Waals surface area contributed by atoms with E-state index in [9.17, 15) is 14.9 Å². The summed E-state index contributed by atoms with van der Waals surface area (Å²) in [5, 5.41) is 13.4. The van der Waals surface area contributed by atoms with Gasteiger partial charge in [0.1, 0.15) is 0 Å². The number of benzene rings is 1. The summed E-state index contributed by atoms with van der Waals surface area (Å²) in [6, 6.07) is 6.06. The van der Waals surface area contributed by atoms with Crippen molar-refractivity contribution in [3.63, 3.8) is 0 Å². The number of nitrogens with zero attached hydrogens (tertiary/aromatic N) is 1. The molecule has 0 saturated heterocycles. The van der Waals surface area contributed by atoms with Crippen molar-refractivity contribution in [1.29, 1.82) is 0 Å². The Bertz CT molecular complexity index is 426. The van der Waals surface area contributed by atoms with Crippen molar-refractivity contribution >= 4 is 24.0 Å². The number of carbonyl (C=O) groups is 1. The second-order valence-corrected chi connectivity index (χ2v) is 3.77. The fourth-order valence-electron chi connectivity index (χ4n) is 1.40. The number of para-hydroxylation sites is 1. The summed E-state index contributed by atoms with van der Waals surface area (Å²) in [6.07, 6.45) is -0.0124. The highest BCUT2D eigenvalue weighted by molar-refractivity contribution is 5.85. The van der Waals surface area contributed by atoms with Gasteiger partial charge in [0.2, 0.25) is 5.91 Å². The van der Waals surface area contributed by atoms with E-state index in [1.807, 2.05) is 0 Å². The standard InChI is InChI=1S/C11H15N3O3.ClH/c1-8(7-12)13-11(15)6-9-4-2-3-5-10(9)14(16)17;/h2-5,8H,6-7,12H2,1H3,(H,13,15);1H/t8-;/m0./s1. The van der Waals surface area contributed by atoms with Crippen LogP contribution in [0.15, 0.2) is 24.3 Å². The predicted molar refractivity (Wildman–Crippen MR) is 70.7 cm³/mol. The van der Waals surface area contributed by atoms with Gasteiger partial charge >= 0.3 is 0 Å². The minimum Gasteiger partial charge on any atom is -0.352 e. The zero-order valence-electron chi connectivity index (χ0n) is 9.96. The average molecular weight is 274 g/mol. The number of nitro groups is 1. The highest BCUT2D eigenvalue weighted by atomic mass is 35.5. The molecule has 100 valence electrons. The molecule has 1 aromatic rings. The van der Waals surface area contributed by atoms with E-state index in [0.717, 1.165) is 0 Å². The molecule has 0 aliphatic carbocycles. The van der Waals surface area contributed by atoms with Crippen molar-refractivity contribution < 1.29 is 9.72 Å². The number of nitro benzene ring substituents is 1. The van der Waals surface area contributed by atoms with Gasteiger partial charge in [-0.3, -0.25) is 14.9 Å². The molecule has 1 rings (SSSR count). The number of hydrogen-bond acceptors (Lipinski definition) is 4. The van der Waals surface area contributed by atoms with Gasteiger partial charge in [-0.2, -0.15) is 0 Å². The van der Waals surface area contributed by atoms with Crippen LogP contribution in [0.2, 0.25) is 0 Å². The molecule has 1 atom stereocenters. The molecule has 0 saturated carbocycles. The topological polar surface area (TPSA) is 98.3 Å². The van der Waals surface area contributed by atoms with Crippen LogP contribution in [0.3, 0.4) is 0 Å². The maximum atomic E-state index is 11.6. The molecule has 0 aromatic heterocycles. The second-order valence-electron chi connectivity index (χ2n) is 3.77. The van der Waals surface area contributed by atoms with Crippen LogP contribution in [-0.4, -0.2) is 23.4 Å². The second kappa shape index (κ2) is 7.62. The first-order chi connectivity index (χ1) is 8.04. The van der Waals surface area contributed by atoms with E-state index in [2.05, 4.69) is 5.32 Å². The van der Waals surface area contributed by atoms with Crippen LogP contribution in [0.4, 0.5) is 5.69 Å². The number of rotatable bonds is 5. The predicted octanol–water partition coefficient (Wildman–Crippen LogP) is 1.02. The van der Waals surface area contributed by atoms with E-state index >= 15 is 0 Å². The van der Waals surface area contributed by atoms with Gasteiger partial charge < -0.3 is 11.1 Å². The van der Waals surface area contributed by atoms with Gasteiger partial charge in [-0.15, -0.1) is 12.4 Å². The summed E-state index contributed by atoms with van der Waals surface area (Å²) in [4.78, 5) is 21.8. The molecule has 0 aliphatic heterocycles. The maximum absolute atomic E-state index is 11.6. The summed E-state index contributed by atoms with van der Waals surface area (Å²) in [7, 11) is 0. The molecule has 7 heteroatoms. The van der Waals surface area contributed by atoms with Gasteiger partial charge in [-0.05, 0) is 6.92 Å². The molecule has 0 unspecified atom stereocenters. The molecule has 0 bridgehead atoms. The zero-order chi connectivity index (χ0) is 12.8. The maximum Gasteiger partial charge on any atom is 0.273 e. The van der Waals surface area contributed by atoms with Crippen LogP contribution in [-0.2, 0) is 11.2 Å². The lowest BCUT2D eigenvalue weighted by atomic mass is 10.1. The van der Waals surface area contributed by atoms with Crippen LogP contribution in [0.5, 0.6) is 0 Å². The lowest BCUT2D eigenvalue weighted by Gasteiger charge is -2.11. The number of halogens is 1. The van der Waals surface area contributed by atoms with E-state index < -0.39 is 4.92 Å². The molecule has 0 aliphatic rings. The lowest BCUT2D eigenvalue weighted by Crippen LogP contribution is -2.38. The third-order valence-corrected chi connectivity index (χ3v) is 2.30. The quantitative estimate of drug-likeness (QED) is 0.618. The summed E-state index contributed by atoms with van der Waals surface area (Å²) < 4.78 is 0. The zero-order valence-corrected chi connectivity index (χ0v) is 10.8. The minimum absolute atomic E-state index is 0. The SMILES string of the molecule is C[C@@H](CN)NC(=O)Cc1ccccc1[N+](=O)[O-].Cl. The van der Waals surface area contributed by atoms with E-state index in [4.69, 9.17) is 5.73 Å². The van der Waals surface area contributed by atoms with Crippen LogP contribution in [0, 0.1) is 10.1 Å². The first-order valence-electron chi connectivity index (χ1n) is 5.26. The molecule has 0 spiro atoms. The van der Waals surface area contributed by atoms with Crippen molar-refractivity contribution in [2.24, 2.45) is 5.73 Å². The number of hydrogen-bond donors (Lipinski definition) is 2. The van der Waals surface area contributed by atoms with Gasteiger partial charge in [0.15, 0.2) is 0 Å². The first-order valence-corrected chi connectivity index (χ1v) is 5.26. The Labute approximate surface area is 111 Å². The van der Waals surface area contributed by atoms with Crippen molar-refractivity contribution in [2.45, 2.75) is 19.4 Å². The van der Waals surface area contributed by atoms with Gasteiger partial charge in [-0.25, -0.2) is 0 Å². The largest absolute Gasteiger partial charge is 0.352 e. The Balaban J connectivity index is 0.00000289. The summed E-state index contributed by atoms with van der Waals surface area (Å²) in [5.41, 5.74) is 5.73.